The minimum atomic E-state index is -4.44. The van der Waals surface area contributed by atoms with Gasteiger partial charge >= 0.3 is 6.18 Å². The first-order valence-corrected chi connectivity index (χ1v) is 8.39. The molecular weight excluding hydrogens is 376 g/mol. The molecule has 134 valence electrons. The summed E-state index contributed by atoms with van der Waals surface area (Å²) in [5, 5.41) is 0.474. The monoisotopic (exact) mass is 390 g/mol. The van der Waals surface area contributed by atoms with Crippen molar-refractivity contribution in [2.24, 2.45) is 0 Å². The Kier molecular flexibility index (Phi) is 5.36. The first kappa shape index (κ1) is 18.2. The molecule has 0 saturated carbocycles. The molecule has 0 spiro atoms. The predicted octanol–water partition coefficient (Wildman–Crippen LogP) is 4.12. The Balaban J connectivity index is 1.61. The molecule has 0 aromatic carbocycles. The first-order chi connectivity index (χ1) is 11.8. The maximum absolute atomic E-state index is 12.7. The summed E-state index contributed by atoms with van der Waals surface area (Å²) in [6.07, 6.45) is -1.88. The SMILES string of the molecule is FC(F)(F)c1cnc(N2CCN(Cc3ccc(Cl)nc3)CC2)c(Cl)c1. The summed E-state index contributed by atoms with van der Waals surface area (Å²) in [5.41, 5.74) is 0.221. The number of rotatable bonds is 3. The Bertz CT molecular complexity index is 729. The van der Waals surface area contributed by atoms with E-state index in [0.717, 1.165) is 37.5 Å². The number of hydrogen-bond acceptors (Lipinski definition) is 4. The van der Waals surface area contributed by atoms with E-state index in [9.17, 15) is 13.2 Å². The van der Waals surface area contributed by atoms with E-state index in [0.29, 0.717) is 24.1 Å². The molecule has 0 atom stereocenters. The number of alkyl halides is 3. The molecule has 1 fully saturated rings. The molecule has 0 amide bonds. The van der Waals surface area contributed by atoms with Gasteiger partial charge in [0.25, 0.3) is 0 Å². The van der Waals surface area contributed by atoms with Crippen molar-refractivity contribution in [1.29, 1.82) is 0 Å². The van der Waals surface area contributed by atoms with E-state index in [-0.39, 0.29) is 5.02 Å². The third-order valence-electron chi connectivity index (χ3n) is 4.02. The van der Waals surface area contributed by atoms with Crippen molar-refractivity contribution in [1.82, 2.24) is 14.9 Å². The van der Waals surface area contributed by atoms with Gasteiger partial charge in [-0.25, -0.2) is 9.97 Å². The molecule has 0 bridgehead atoms. The van der Waals surface area contributed by atoms with Crippen LogP contribution in [0.4, 0.5) is 19.0 Å². The average molecular weight is 391 g/mol. The average Bonchev–Trinajstić information content (AvgIpc) is 2.57. The smallest absolute Gasteiger partial charge is 0.353 e. The Labute approximate surface area is 153 Å². The summed E-state index contributed by atoms with van der Waals surface area (Å²) in [5.74, 6) is 0.391. The molecule has 3 heterocycles. The Morgan fingerprint density at radius 1 is 1.00 bits per heavy atom. The summed E-state index contributed by atoms with van der Waals surface area (Å²) < 4.78 is 38.1. The van der Waals surface area contributed by atoms with Crippen LogP contribution in [0.5, 0.6) is 0 Å². The van der Waals surface area contributed by atoms with Crippen LogP contribution in [-0.4, -0.2) is 41.0 Å². The lowest BCUT2D eigenvalue weighted by molar-refractivity contribution is -0.137. The second-order valence-corrected chi connectivity index (χ2v) is 6.57. The van der Waals surface area contributed by atoms with Crippen molar-refractivity contribution in [3.63, 3.8) is 0 Å². The van der Waals surface area contributed by atoms with Crippen molar-refractivity contribution in [3.8, 4) is 0 Å². The van der Waals surface area contributed by atoms with Gasteiger partial charge in [0, 0.05) is 45.1 Å². The van der Waals surface area contributed by atoms with Crippen molar-refractivity contribution in [3.05, 3.63) is 51.9 Å². The number of hydrogen-bond donors (Lipinski definition) is 0. The molecule has 4 nitrogen and oxygen atoms in total. The zero-order valence-electron chi connectivity index (χ0n) is 13.1. The molecular formula is C16H15Cl2F3N4. The third-order valence-corrected chi connectivity index (χ3v) is 4.52. The normalized spacial score (nSPS) is 16.3. The van der Waals surface area contributed by atoms with Gasteiger partial charge in [0.15, 0.2) is 0 Å². The topological polar surface area (TPSA) is 32.3 Å². The highest BCUT2D eigenvalue weighted by Gasteiger charge is 2.32. The molecule has 1 saturated heterocycles. The van der Waals surface area contributed by atoms with E-state index in [1.165, 1.54) is 0 Å². The Morgan fingerprint density at radius 3 is 2.28 bits per heavy atom. The lowest BCUT2D eigenvalue weighted by Gasteiger charge is -2.35. The lowest BCUT2D eigenvalue weighted by Crippen LogP contribution is -2.46. The summed E-state index contributed by atoms with van der Waals surface area (Å²) in [6, 6.07) is 4.60. The molecule has 0 aliphatic carbocycles. The largest absolute Gasteiger partial charge is 0.417 e. The van der Waals surface area contributed by atoms with Gasteiger partial charge in [-0.2, -0.15) is 13.2 Å². The van der Waals surface area contributed by atoms with Crippen LogP contribution in [0.25, 0.3) is 0 Å². The number of halogens is 5. The number of pyridine rings is 2. The van der Waals surface area contributed by atoms with Crippen LogP contribution in [0.15, 0.2) is 30.6 Å². The van der Waals surface area contributed by atoms with Crippen molar-refractivity contribution in [2.75, 3.05) is 31.1 Å². The van der Waals surface area contributed by atoms with E-state index in [4.69, 9.17) is 23.2 Å². The maximum atomic E-state index is 12.7. The molecule has 0 unspecified atom stereocenters. The molecule has 0 radical (unpaired) electrons. The van der Waals surface area contributed by atoms with Gasteiger partial charge in [-0.05, 0) is 17.7 Å². The zero-order valence-corrected chi connectivity index (χ0v) is 14.6. The summed E-state index contributed by atoms with van der Waals surface area (Å²) in [6.45, 7) is 3.52. The molecule has 9 heteroatoms. The van der Waals surface area contributed by atoms with E-state index in [1.54, 1.807) is 12.3 Å². The van der Waals surface area contributed by atoms with Crippen LogP contribution in [0.3, 0.4) is 0 Å². The van der Waals surface area contributed by atoms with Gasteiger partial charge in [0.2, 0.25) is 0 Å². The van der Waals surface area contributed by atoms with Crippen molar-refractivity contribution < 1.29 is 13.2 Å². The van der Waals surface area contributed by atoms with Crippen LogP contribution < -0.4 is 4.90 Å². The number of piperazine rings is 1. The zero-order chi connectivity index (χ0) is 18.0. The van der Waals surface area contributed by atoms with Crippen molar-refractivity contribution >= 4 is 29.0 Å². The quantitative estimate of drug-likeness (QED) is 0.737. The van der Waals surface area contributed by atoms with Gasteiger partial charge in [0.1, 0.15) is 11.0 Å². The molecule has 25 heavy (non-hydrogen) atoms. The highest BCUT2D eigenvalue weighted by Crippen LogP contribution is 2.33. The molecule has 2 aromatic heterocycles. The third kappa shape index (κ3) is 4.54. The number of aromatic nitrogens is 2. The second kappa shape index (κ2) is 7.35. The number of nitrogens with zero attached hydrogens (tertiary/aromatic N) is 4. The molecule has 1 aliphatic heterocycles. The van der Waals surface area contributed by atoms with Gasteiger partial charge in [-0.3, -0.25) is 4.90 Å². The van der Waals surface area contributed by atoms with E-state index in [1.807, 2.05) is 11.0 Å². The fraction of sp³-hybridized carbons (Fsp3) is 0.375. The molecule has 2 aromatic rings. The molecule has 3 rings (SSSR count). The maximum Gasteiger partial charge on any atom is 0.417 e. The van der Waals surface area contributed by atoms with Crippen molar-refractivity contribution in [2.45, 2.75) is 12.7 Å². The standard InChI is InChI=1S/C16H15Cl2F3N4/c17-13-7-12(16(19,20)21)9-23-15(13)25-5-3-24(4-6-25)10-11-1-2-14(18)22-8-11/h1-2,7-9H,3-6,10H2. The molecule has 0 N–H and O–H groups in total. The Hall–Kier alpha value is -1.57. The summed E-state index contributed by atoms with van der Waals surface area (Å²) in [4.78, 5) is 12.1. The first-order valence-electron chi connectivity index (χ1n) is 7.63. The van der Waals surface area contributed by atoms with Crippen LogP contribution >= 0.6 is 23.2 Å². The summed E-state index contributed by atoms with van der Waals surface area (Å²) >= 11 is 11.8. The highest BCUT2D eigenvalue weighted by molar-refractivity contribution is 6.33. The predicted molar refractivity (Wildman–Crippen MR) is 91.0 cm³/mol. The minimum Gasteiger partial charge on any atom is -0.353 e. The minimum absolute atomic E-state index is 0.0187. The van der Waals surface area contributed by atoms with Crippen LogP contribution in [0, 0.1) is 0 Å². The fourth-order valence-electron chi connectivity index (χ4n) is 2.69. The highest BCUT2D eigenvalue weighted by atomic mass is 35.5. The molecule has 1 aliphatic rings. The van der Waals surface area contributed by atoms with E-state index in [2.05, 4.69) is 14.9 Å². The van der Waals surface area contributed by atoms with Gasteiger partial charge in [-0.15, -0.1) is 0 Å². The van der Waals surface area contributed by atoms with Crippen LogP contribution in [-0.2, 0) is 12.7 Å². The van der Waals surface area contributed by atoms with E-state index < -0.39 is 11.7 Å². The van der Waals surface area contributed by atoms with Crippen LogP contribution in [0.2, 0.25) is 10.2 Å². The fourth-order valence-corrected chi connectivity index (χ4v) is 3.09. The second-order valence-electron chi connectivity index (χ2n) is 5.78. The van der Waals surface area contributed by atoms with Gasteiger partial charge in [-0.1, -0.05) is 29.3 Å². The van der Waals surface area contributed by atoms with Gasteiger partial charge in [0.05, 0.1) is 10.6 Å². The van der Waals surface area contributed by atoms with Crippen LogP contribution in [0.1, 0.15) is 11.1 Å². The Morgan fingerprint density at radius 2 is 1.72 bits per heavy atom. The van der Waals surface area contributed by atoms with Gasteiger partial charge < -0.3 is 4.90 Å². The summed E-state index contributed by atoms with van der Waals surface area (Å²) in [7, 11) is 0. The van der Waals surface area contributed by atoms with E-state index >= 15 is 0 Å². The lowest BCUT2D eigenvalue weighted by atomic mass is 10.2. The number of anilines is 1.